The molecule has 7 nitrogen and oxygen atoms in total. The molecule has 12 heteroatoms. The Labute approximate surface area is 229 Å². The van der Waals surface area contributed by atoms with Gasteiger partial charge in [0.2, 0.25) is 0 Å². The molecule has 0 spiro atoms. The lowest BCUT2D eigenvalue weighted by atomic mass is 9.95. The number of aryl methyl sites for hydroxylation is 1. The summed E-state index contributed by atoms with van der Waals surface area (Å²) in [7, 11) is 0. The number of thiophene rings is 1. The third-order valence-corrected chi connectivity index (χ3v) is 8.44. The largest absolute Gasteiger partial charge is 0.459 e. The van der Waals surface area contributed by atoms with E-state index in [-0.39, 0.29) is 23.9 Å². The lowest BCUT2D eigenvalue weighted by molar-refractivity contribution is -0.173. The van der Waals surface area contributed by atoms with Crippen LogP contribution in [0.25, 0.3) is 0 Å². The Balaban J connectivity index is 1.49. The van der Waals surface area contributed by atoms with E-state index in [1.165, 1.54) is 11.3 Å². The SMILES string of the molecule is CC(C)OC(=O)c1c(NC(=O)c2cnn3c2N[C@H](c2ccc(Br)cc2)C[C@@H]3C(F)(F)F)sc2c1CCCC2. The number of anilines is 2. The molecule has 0 radical (unpaired) electrons. The number of esters is 1. The Morgan fingerprint density at radius 2 is 1.92 bits per heavy atom. The Hall–Kier alpha value is -2.86. The first-order chi connectivity index (χ1) is 18.0. The molecule has 2 atom stereocenters. The number of nitrogens with one attached hydrogen (secondary N) is 2. The molecule has 3 heterocycles. The summed E-state index contributed by atoms with van der Waals surface area (Å²) in [5, 5.41) is 10.2. The summed E-state index contributed by atoms with van der Waals surface area (Å²) in [5.74, 6) is -1.18. The van der Waals surface area contributed by atoms with E-state index in [1.807, 2.05) is 0 Å². The van der Waals surface area contributed by atoms with Gasteiger partial charge in [-0.1, -0.05) is 28.1 Å². The number of hydrogen-bond acceptors (Lipinski definition) is 6. The normalized spacial score (nSPS) is 18.9. The Morgan fingerprint density at radius 3 is 2.61 bits per heavy atom. The summed E-state index contributed by atoms with van der Waals surface area (Å²) in [5.41, 5.74) is 1.84. The molecule has 1 aromatic carbocycles. The first-order valence-corrected chi connectivity index (χ1v) is 14.0. The molecule has 0 saturated carbocycles. The number of halogens is 4. The molecule has 5 rings (SSSR count). The molecular formula is C26H26BrF3N4O3S. The van der Waals surface area contributed by atoms with Crippen molar-refractivity contribution in [3.05, 3.63) is 62.1 Å². The van der Waals surface area contributed by atoms with Gasteiger partial charge in [0.1, 0.15) is 16.4 Å². The average Bonchev–Trinajstić information content (AvgIpc) is 3.44. The van der Waals surface area contributed by atoms with Crippen LogP contribution in [0, 0.1) is 0 Å². The van der Waals surface area contributed by atoms with Crippen LogP contribution in [-0.4, -0.2) is 33.9 Å². The Bertz CT molecular complexity index is 1370. The number of fused-ring (bicyclic) bond motifs is 2. The minimum atomic E-state index is -4.56. The smallest absolute Gasteiger partial charge is 0.410 e. The maximum absolute atomic E-state index is 14.1. The van der Waals surface area contributed by atoms with E-state index in [1.54, 1.807) is 38.1 Å². The number of aromatic nitrogens is 2. The molecular weight excluding hydrogens is 585 g/mol. The van der Waals surface area contributed by atoms with E-state index in [9.17, 15) is 22.8 Å². The third-order valence-electron chi connectivity index (χ3n) is 6.70. The van der Waals surface area contributed by atoms with E-state index in [4.69, 9.17) is 4.74 Å². The van der Waals surface area contributed by atoms with Crippen molar-refractivity contribution in [2.45, 2.75) is 70.3 Å². The van der Waals surface area contributed by atoms with Crippen molar-refractivity contribution in [1.29, 1.82) is 0 Å². The van der Waals surface area contributed by atoms with Crippen molar-refractivity contribution in [1.82, 2.24) is 9.78 Å². The fraction of sp³-hybridized carbons (Fsp3) is 0.423. The summed E-state index contributed by atoms with van der Waals surface area (Å²) in [4.78, 5) is 27.4. The molecule has 1 aliphatic heterocycles. The van der Waals surface area contributed by atoms with Crippen LogP contribution in [0.5, 0.6) is 0 Å². The average molecular weight is 611 g/mol. The predicted molar refractivity (Wildman–Crippen MR) is 142 cm³/mol. The molecule has 1 amide bonds. The second-order valence-corrected chi connectivity index (χ2v) is 11.7. The Kier molecular flexibility index (Phi) is 7.29. The van der Waals surface area contributed by atoms with Crippen LogP contribution in [-0.2, 0) is 17.6 Å². The van der Waals surface area contributed by atoms with Gasteiger partial charge in [-0.15, -0.1) is 11.3 Å². The number of rotatable bonds is 5. The van der Waals surface area contributed by atoms with Crippen LogP contribution < -0.4 is 10.6 Å². The van der Waals surface area contributed by atoms with Crippen molar-refractivity contribution < 1.29 is 27.5 Å². The molecule has 0 unspecified atom stereocenters. The zero-order valence-corrected chi connectivity index (χ0v) is 23.1. The third kappa shape index (κ3) is 5.20. The first-order valence-electron chi connectivity index (χ1n) is 12.4. The van der Waals surface area contributed by atoms with Crippen LogP contribution in [0.2, 0.25) is 0 Å². The predicted octanol–water partition coefficient (Wildman–Crippen LogP) is 7.06. The van der Waals surface area contributed by atoms with Crippen LogP contribution in [0.3, 0.4) is 0 Å². The number of amides is 1. The van der Waals surface area contributed by atoms with Gasteiger partial charge in [0.05, 0.1) is 23.9 Å². The summed E-state index contributed by atoms with van der Waals surface area (Å²) in [6, 6.07) is 4.41. The van der Waals surface area contributed by atoms with Gasteiger partial charge in [0.15, 0.2) is 6.04 Å². The van der Waals surface area contributed by atoms with Crippen LogP contribution in [0.4, 0.5) is 24.0 Å². The Morgan fingerprint density at radius 1 is 1.21 bits per heavy atom. The van der Waals surface area contributed by atoms with Gasteiger partial charge in [-0.25, -0.2) is 9.48 Å². The fourth-order valence-electron chi connectivity index (χ4n) is 4.96. The van der Waals surface area contributed by atoms with E-state index in [2.05, 4.69) is 31.7 Å². The van der Waals surface area contributed by atoms with Gasteiger partial charge in [-0.3, -0.25) is 4.79 Å². The number of benzene rings is 1. The standard InChI is InChI=1S/C26H26BrF3N4O3S/c1-13(2)37-25(36)21-16-5-3-4-6-19(16)38-24(21)33-23(35)17-12-31-34-20(26(28,29)30)11-18(32-22(17)34)14-7-9-15(27)10-8-14/h7-10,12-13,18,20,32H,3-6,11H2,1-2H3,(H,33,35)/t18-,20+/m0/s1. The number of carbonyl (C=O) groups excluding carboxylic acids is 2. The highest BCUT2D eigenvalue weighted by molar-refractivity contribution is 9.10. The van der Waals surface area contributed by atoms with Gasteiger partial charge in [-0.05, 0) is 62.8 Å². The number of carbonyl (C=O) groups is 2. The van der Waals surface area contributed by atoms with Gasteiger partial charge < -0.3 is 15.4 Å². The van der Waals surface area contributed by atoms with Crippen molar-refractivity contribution in [2.75, 3.05) is 10.6 Å². The van der Waals surface area contributed by atoms with Crippen LogP contribution in [0.1, 0.15) is 81.9 Å². The molecule has 0 saturated heterocycles. The molecule has 2 aromatic heterocycles. The summed E-state index contributed by atoms with van der Waals surface area (Å²) < 4.78 is 49.3. The van der Waals surface area contributed by atoms with E-state index in [0.29, 0.717) is 22.5 Å². The molecule has 2 aliphatic rings. The fourth-order valence-corrected chi connectivity index (χ4v) is 6.49. The quantitative estimate of drug-likeness (QED) is 0.302. The zero-order valence-electron chi connectivity index (χ0n) is 20.7. The highest BCUT2D eigenvalue weighted by Gasteiger charge is 2.47. The summed E-state index contributed by atoms with van der Waals surface area (Å²) in [6.07, 6.45) is -0.629. The maximum Gasteiger partial charge on any atom is 0.410 e. The van der Waals surface area contributed by atoms with Gasteiger partial charge in [-0.2, -0.15) is 18.3 Å². The molecule has 2 N–H and O–H groups in total. The molecule has 1 aliphatic carbocycles. The number of nitrogens with zero attached hydrogens (tertiary/aromatic N) is 2. The summed E-state index contributed by atoms with van der Waals surface area (Å²) >= 11 is 4.66. The lowest BCUT2D eigenvalue weighted by Gasteiger charge is -2.34. The van der Waals surface area contributed by atoms with Gasteiger partial charge in [0.25, 0.3) is 5.91 Å². The highest BCUT2D eigenvalue weighted by atomic mass is 79.9. The van der Waals surface area contributed by atoms with Crippen LogP contribution >= 0.6 is 27.3 Å². The monoisotopic (exact) mass is 610 g/mol. The van der Waals surface area contributed by atoms with E-state index >= 15 is 0 Å². The highest BCUT2D eigenvalue weighted by Crippen LogP contribution is 2.45. The second-order valence-electron chi connectivity index (χ2n) is 9.72. The van der Waals surface area contributed by atoms with Crippen molar-refractivity contribution in [3.63, 3.8) is 0 Å². The molecule has 0 bridgehead atoms. The minimum absolute atomic E-state index is 0.0170. The van der Waals surface area contributed by atoms with Crippen molar-refractivity contribution in [3.8, 4) is 0 Å². The maximum atomic E-state index is 14.1. The van der Waals surface area contributed by atoms with Gasteiger partial charge >= 0.3 is 12.1 Å². The number of ether oxygens (including phenoxy) is 1. The van der Waals surface area contributed by atoms with Gasteiger partial charge in [0, 0.05) is 15.8 Å². The number of hydrogen-bond donors (Lipinski definition) is 2. The lowest BCUT2D eigenvalue weighted by Crippen LogP contribution is -2.36. The van der Waals surface area contributed by atoms with Crippen molar-refractivity contribution >= 4 is 50.0 Å². The summed E-state index contributed by atoms with van der Waals surface area (Å²) in [6.45, 7) is 3.50. The molecule has 0 fully saturated rings. The molecule has 3 aromatic rings. The topological polar surface area (TPSA) is 85.2 Å². The van der Waals surface area contributed by atoms with Crippen molar-refractivity contribution in [2.24, 2.45) is 0 Å². The minimum Gasteiger partial charge on any atom is -0.459 e. The van der Waals surface area contributed by atoms with Crippen LogP contribution in [0.15, 0.2) is 34.9 Å². The second kappa shape index (κ2) is 10.4. The first kappa shape index (κ1) is 26.7. The molecule has 38 heavy (non-hydrogen) atoms. The zero-order chi connectivity index (χ0) is 27.2. The molecule has 202 valence electrons. The number of alkyl halides is 3. The van der Waals surface area contributed by atoms with E-state index in [0.717, 1.165) is 45.1 Å². The van der Waals surface area contributed by atoms with E-state index < -0.39 is 30.1 Å².